The van der Waals surface area contributed by atoms with Crippen LogP contribution in [0.2, 0.25) is 0 Å². The minimum Gasteiger partial charge on any atom is -0.493 e. The fraction of sp³-hybridized carbons (Fsp3) is 0.340. The first-order valence-electron chi connectivity index (χ1n) is 24.1. The van der Waals surface area contributed by atoms with E-state index < -0.39 is 22.5 Å². The van der Waals surface area contributed by atoms with Gasteiger partial charge in [0.1, 0.15) is 11.6 Å². The summed E-state index contributed by atoms with van der Waals surface area (Å²) < 4.78 is 26.0. The van der Waals surface area contributed by atoms with Crippen molar-refractivity contribution in [1.82, 2.24) is 85.1 Å². The van der Waals surface area contributed by atoms with Crippen molar-refractivity contribution in [2.75, 3.05) is 14.2 Å². The van der Waals surface area contributed by atoms with Gasteiger partial charge in [0.25, 0.3) is 27.8 Å². The van der Waals surface area contributed by atoms with Crippen molar-refractivity contribution in [3.8, 4) is 11.5 Å². The Bertz CT molecular complexity index is 4760. The lowest BCUT2D eigenvalue weighted by Gasteiger charge is -2.08. The van der Waals surface area contributed by atoms with Gasteiger partial charge in [-0.2, -0.15) is 0 Å². The second-order valence-electron chi connectivity index (χ2n) is 17.8. The average molecular weight is 1120 g/mol. The van der Waals surface area contributed by atoms with Crippen molar-refractivity contribution in [3.05, 3.63) is 158 Å². The molecule has 10 heterocycles. The maximum atomic E-state index is 12.7. The monoisotopic (exact) mass is 1120 g/mol. The van der Waals surface area contributed by atoms with Crippen LogP contribution < -0.4 is 65.7 Å². The van der Waals surface area contributed by atoms with Gasteiger partial charge in [-0.15, -0.1) is 0 Å². The van der Waals surface area contributed by atoms with Gasteiger partial charge in [-0.3, -0.25) is 70.9 Å². The van der Waals surface area contributed by atoms with E-state index in [4.69, 9.17) is 9.47 Å². The Morgan fingerprint density at radius 2 is 1.11 bits per heavy atom. The first-order valence-corrected chi connectivity index (χ1v) is 24.1. The highest BCUT2D eigenvalue weighted by molar-refractivity contribution is 5.77. The molecule has 1 aromatic carbocycles. The number of rotatable bonds is 6. The van der Waals surface area contributed by atoms with Gasteiger partial charge < -0.3 is 27.7 Å². The molecule has 0 unspecified atom stereocenters. The number of fused-ring (bicyclic) bond motifs is 5. The van der Waals surface area contributed by atoms with Crippen LogP contribution in [0.4, 0.5) is 5.82 Å². The van der Waals surface area contributed by atoms with E-state index in [2.05, 4.69) is 39.9 Å². The van der Waals surface area contributed by atoms with Crippen molar-refractivity contribution < 1.29 is 9.47 Å². The van der Waals surface area contributed by atoms with Gasteiger partial charge in [0.05, 0.1) is 38.8 Å². The van der Waals surface area contributed by atoms with Crippen molar-refractivity contribution in [3.63, 3.8) is 0 Å². The minimum atomic E-state index is -0.536. The Hall–Kier alpha value is -10.5. The Kier molecular flexibility index (Phi) is 17.7. The van der Waals surface area contributed by atoms with E-state index in [-0.39, 0.29) is 41.2 Å². The van der Waals surface area contributed by atoms with Crippen LogP contribution in [0.25, 0.3) is 56.8 Å². The highest BCUT2D eigenvalue weighted by Crippen LogP contribution is 2.28. The van der Waals surface area contributed by atoms with Crippen LogP contribution >= 0.6 is 0 Å². The molecule has 0 bridgehead atoms. The smallest absolute Gasteiger partial charge is 0.332 e. The highest BCUT2D eigenvalue weighted by Gasteiger charge is 2.19. The number of hydrogen-bond donors (Lipinski definition) is 3. The van der Waals surface area contributed by atoms with Gasteiger partial charge in [0.15, 0.2) is 56.2 Å². The number of imidazole rings is 4. The molecule has 0 fully saturated rings. The summed E-state index contributed by atoms with van der Waals surface area (Å²) in [5, 5.41) is 0. The molecule has 0 saturated heterocycles. The Morgan fingerprint density at radius 1 is 0.543 bits per heavy atom. The number of aromatic nitrogens is 18. The summed E-state index contributed by atoms with van der Waals surface area (Å²) in [6.07, 6.45) is 10.3. The summed E-state index contributed by atoms with van der Waals surface area (Å²) in [4.78, 5) is 143. The molecular formula is C50H61N19O12. The molecule has 31 nitrogen and oxygen atoms in total. The molecule has 31 heteroatoms. The molecule has 10 aromatic rings. The number of hydrogen-bond acceptors (Lipinski definition) is 17. The van der Waals surface area contributed by atoms with Crippen LogP contribution in [0.5, 0.6) is 11.5 Å². The van der Waals surface area contributed by atoms with E-state index >= 15 is 0 Å². The largest absolute Gasteiger partial charge is 0.493 e. The van der Waals surface area contributed by atoms with E-state index in [0.717, 1.165) is 14.7 Å². The zero-order valence-corrected chi connectivity index (χ0v) is 45.9. The van der Waals surface area contributed by atoms with Crippen LogP contribution in [-0.2, 0) is 82.9 Å². The van der Waals surface area contributed by atoms with Crippen molar-refractivity contribution in [2.24, 2.45) is 68.4 Å². The van der Waals surface area contributed by atoms with Crippen molar-refractivity contribution >= 4 is 68.8 Å². The number of aryl methyl sites for hydroxylation is 7. The number of ether oxygens (including phenoxy) is 2. The summed E-state index contributed by atoms with van der Waals surface area (Å²) >= 11 is 0. The van der Waals surface area contributed by atoms with E-state index in [1.165, 1.54) is 55.9 Å². The fourth-order valence-corrected chi connectivity index (χ4v) is 8.51. The van der Waals surface area contributed by atoms with Crippen LogP contribution in [0, 0.1) is 0 Å². The third kappa shape index (κ3) is 11.2. The maximum absolute atomic E-state index is 12.7. The zero-order valence-electron chi connectivity index (χ0n) is 45.9. The highest BCUT2D eigenvalue weighted by atomic mass is 16.5. The predicted molar refractivity (Wildman–Crippen MR) is 304 cm³/mol. The van der Waals surface area contributed by atoms with Crippen LogP contribution in [0.15, 0.2) is 90.1 Å². The lowest BCUT2D eigenvalue weighted by Crippen LogP contribution is -2.39. The lowest BCUT2D eigenvalue weighted by atomic mass is 10.2. The van der Waals surface area contributed by atoms with Gasteiger partial charge in [0, 0.05) is 89.2 Å². The maximum Gasteiger partial charge on any atom is 0.332 e. The Balaban J connectivity index is 0.000000171. The first kappa shape index (κ1) is 59.7. The molecular weight excluding hydrogens is 1060 g/mol. The summed E-state index contributed by atoms with van der Waals surface area (Å²) in [7, 11) is 17.8. The summed E-state index contributed by atoms with van der Waals surface area (Å²) in [6, 6.07) is 5.57. The fourth-order valence-electron chi connectivity index (χ4n) is 8.51. The Labute approximate surface area is 455 Å². The molecule has 0 amide bonds. The van der Waals surface area contributed by atoms with E-state index in [1.807, 2.05) is 31.2 Å². The van der Waals surface area contributed by atoms with Gasteiger partial charge >= 0.3 is 28.4 Å². The summed E-state index contributed by atoms with van der Waals surface area (Å²) in [5.74, 6) is 2.35. The van der Waals surface area contributed by atoms with Crippen molar-refractivity contribution in [1.29, 1.82) is 0 Å². The molecule has 11 rings (SSSR count). The molecule has 81 heavy (non-hydrogen) atoms. The molecule has 0 atom stereocenters. The third-order valence-electron chi connectivity index (χ3n) is 12.9. The predicted octanol–water partition coefficient (Wildman–Crippen LogP) is -1.02. The molecule has 3 N–H and O–H groups in total. The summed E-state index contributed by atoms with van der Waals surface area (Å²) in [5.41, 5.74) is 0.926. The second-order valence-corrected chi connectivity index (χ2v) is 17.8. The van der Waals surface area contributed by atoms with Gasteiger partial charge in [0.2, 0.25) is 0 Å². The van der Waals surface area contributed by atoms with E-state index in [1.54, 1.807) is 101 Å². The minimum absolute atomic E-state index is 0. The van der Waals surface area contributed by atoms with Gasteiger partial charge in [-0.05, 0) is 37.6 Å². The molecule has 0 aliphatic carbocycles. The summed E-state index contributed by atoms with van der Waals surface area (Å²) in [6.45, 7) is 4.39. The molecule has 0 saturated carbocycles. The first-order chi connectivity index (χ1) is 37.9. The average Bonchev–Trinajstić information content (AvgIpc) is 4.33. The number of H-pyrrole nitrogens is 3. The standard InChI is InChI=1S/C20H24N4O4.C8H10N4O2.C8H9N3O2.C7H8N4O2.C6H6N4O2.CH4/c1-6-23-18-17(19(25)24(7-2)20(23)26)22(3)16(21-18)11-9-13-8-10-14(27-4)15(12-13)28-5;1-10-4-9-6-5(10)7(13)12(3)8(14)11(6)2;1-10-6-5(3-4-9-6)7(12)11(2)8(10)13;1-10-3-8-5-4(10)6(12)9-7(13)11(5)2;1-10-2-7-4-3(10)5(11)9-6(12)8-4;/h8-12H,6-7H2,1-5H3;4H,1-3H3;4H,3H2,1-2H3;3H,1-2H3,(H,9,12,13);2H,1H3,(H2,8,9,11,12);1H4/b11-9+;;;;;. The second kappa shape index (κ2) is 24.0. The molecule has 1 aliphatic heterocycles. The SMILES string of the molecule is C.CCn1c(=O)c2c(nc(/C=C/c3ccc(OC)c(OC)c3)n2C)n(CC)c1=O.Cn1c(=O)c2c(ncn2C)n(C)c1=O.Cn1c2c(c(=O)n(C)c1=O)CC=N2.Cn1cnc2[nH]c(=O)[nH]c(=O)c21.Cn1cnc2c1c(=O)[nH]c(=O)n2C. The van der Waals surface area contributed by atoms with Gasteiger partial charge in [-0.1, -0.05) is 19.6 Å². The van der Waals surface area contributed by atoms with Crippen molar-refractivity contribution in [2.45, 2.75) is 40.8 Å². The molecule has 0 radical (unpaired) electrons. The number of nitrogens with zero attached hydrogens (tertiary/aromatic N) is 16. The zero-order chi connectivity index (χ0) is 58.8. The number of aliphatic imine (C=N–C) groups is 1. The number of nitrogens with one attached hydrogen (secondary N) is 3. The molecule has 1 aliphatic rings. The van der Waals surface area contributed by atoms with Crippen LogP contribution in [0.3, 0.4) is 0 Å². The lowest BCUT2D eigenvalue weighted by molar-refractivity contribution is 0.355. The molecule has 0 spiro atoms. The normalized spacial score (nSPS) is 11.4. The van der Waals surface area contributed by atoms with Crippen LogP contribution in [0.1, 0.15) is 38.2 Å². The topological polar surface area (TPSA) is 355 Å². The van der Waals surface area contributed by atoms with E-state index in [9.17, 15) is 47.9 Å². The van der Waals surface area contributed by atoms with E-state index in [0.29, 0.717) is 92.9 Å². The molecule has 428 valence electrons. The Morgan fingerprint density at radius 3 is 1.74 bits per heavy atom. The number of benzene rings is 1. The molecule has 9 aromatic heterocycles. The third-order valence-corrected chi connectivity index (χ3v) is 12.9. The van der Waals surface area contributed by atoms with Gasteiger partial charge in [-0.25, -0.2) is 48.9 Å². The number of methoxy groups -OCH3 is 2. The number of aromatic amines is 3. The van der Waals surface area contributed by atoms with Crippen LogP contribution in [-0.4, -0.2) is 106 Å². The quantitative estimate of drug-likeness (QED) is 0.179.